The molecule has 0 amide bonds. The summed E-state index contributed by atoms with van der Waals surface area (Å²) >= 11 is 0. The van der Waals surface area contributed by atoms with Gasteiger partial charge in [0, 0.05) is 17.8 Å². The van der Waals surface area contributed by atoms with Crippen molar-refractivity contribution in [3.8, 4) is 0 Å². The Labute approximate surface area is 131 Å². The van der Waals surface area contributed by atoms with E-state index in [1.165, 1.54) is 24.1 Å². The number of nitrogens with one attached hydrogen (secondary N) is 1. The molecule has 1 unspecified atom stereocenters. The molecule has 116 valence electrons. The molecule has 1 atom stereocenters. The Bertz CT molecular complexity index is 669. The average Bonchev–Trinajstić information content (AvgIpc) is 2.52. The van der Waals surface area contributed by atoms with Crippen LogP contribution in [0.1, 0.15) is 47.2 Å². The Hall–Kier alpha value is -1.94. The lowest BCUT2D eigenvalue weighted by Crippen LogP contribution is -2.18. The summed E-state index contributed by atoms with van der Waals surface area (Å²) in [4.78, 5) is 9.10. The first-order valence-corrected chi connectivity index (χ1v) is 7.99. The van der Waals surface area contributed by atoms with Gasteiger partial charge >= 0.3 is 0 Å². The van der Waals surface area contributed by atoms with Gasteiger partial charge in [-0.05, 0) is 50.7 Å². The predicted octanol–water partition coefficient (Wildman–Crippen LogP) is 3.12. The van der Waals surface area contributed by atoms with Crippen LogP contribution < -0.4 is 5.32 Å². The maximum atomic E-state index is 10.4. The Morgan fingerprint density at radius 3 is 2.73 bits per heavy atom. The van der Waals surface area contributed by atoms with Crippen molar-refractivity contribution in [1.29, 1.82) is 0 Å². The maximum Gasteiger partial charge on any atom is 0.133 e. The molecule has 0 aliphatic heterocycles. The summed E-state index contributed by atoms with van der Waals surface area (Å²) < 4.78 is 0. The summed E-state index contributed by atoms with van der Waals surface area (Å²) in [5.74, 6) is 1.70. The van der Waals surface area contributed by atoms with E-state index in [1.54, 1.807) is 0 Å². The van der Waals surface area contributed by atoms with E-state index in [0.717, 1.165) is 35.6 Å². The van der Waals surface area contributed by atoms with Crippen molar-refractivity contribution < 1.29 is 5.11 Å². The first-order chi connectivity index (χ1) is 10.6. The van der Waals surface area contributed by atoms with Gasteiger partial charge in [0.25, 0.3) is 0 Å². The molecular formula is C18H23N3O. The number of benzene rings is 1. The lowest BCUT2D eigenvalue weighted by atomic mass is 9.96. The summed E-state index contributed by atoms with van der Waals surface area (Å²) in [5.41, 5.74) is 4.48. The topological polar surface area (TPSA) is 58.0 Å². The van der Waals surface area contributed by atoms with Crippen molar-refractivity contribution in [2.75, 3.05) is 11.9 Å². The number of nitrogens with zero attached hydrogens (tertiary/aromatic N) is 2. The van der Waals surface area contributed by atoms with Crippen LogP contribution in [0.3, 0.4) is 0 Å². The van der Waals surface area contributed by atoms with E-state index in [1.807, 2.05) is 38.1 Å². The lowest BCUT2D eigenvalue weighted by Gasteiger charge is -2.21. The van der Waals surface area contributed by atoms with Crippen molar-refractivity contribution in [3.63, 3.8) is 0 Å². The van der Waals surface area contributed by atoms with E-state index in [-0.39, 0.29) is 0 Å². The van der Waals surface area contributed by atoms with E-state index in [4.69, 9.17) is 0 Å². The SMILES string of the molecule is Cc1nc2c(c(NCC(O)c3ccccc3C)n1)CCCC2. The molecule has 0 radical (unpaired) electrons. The van der Waals surface area contributed by atoms with Gasteiger partial charge in [0.05, 0.1) is 6.10 Å². The lowest BCUT2D eigenvalue weighted by molar-refractivity contribution is 0.190. The molecule has 22 heavy (non-hydrogen) atoms. The van der Waals surface area contributed by atoms with Gasteiger partial charge in [-0.25, -0.2) is 9.97 Å². The quantitative estimate of drug-likeness (QED) is 0.910. The smallest absolute Gasteiger partial charge is 0.133 e. The molecule has 0 spiro atoms. The third-order valence-electron chi connectivity index (χ3n) is 4.31. The molecule has 1 aliphatic rings. The van der Waals surface area contributed by atoms with E-state index in [2.05, 4.69) is 15.3 Å². The van der Waals surface area contributed by atoms with E-state index in [9.17, 15) is 5.11 Å². The molecule has 1 aromatic heterocycles. The van der Waals surface area contributed by atoms with E-state index < -0.39 is 6.10 Å². The van der Waals surface area contributed by atoms with E-state index >= 15 is 0 Å². The molecule has 0 fully saturated rings. The molecule has 1 heterocycles. The third-order valence-corrected chi connectivity index (χ3v) is 4.31. The number of aliphatic hydroxyl groups excluding tert-OH is 1. The van der Waals surface area contributed by atoms with Crippen molar-refractivity contribution >= 4 is 5.82 Å². The van der Waals surface area contributed by atoms with Gasteiger partial charge in [-0.15, -0.1) is 0 Å². The second kappa shape index (κ2) is 6.44. The summed E-state index contributed by atoms with van der Waals surface area (Å²) in [6, 6.07) is 7.95. The zero-order valence-electron chi connectivity index (χ0n) is 13.3. The number of aliphatic hydroxyl groups is 1. The van der Waals surface area contributed by atoms with Crippen LogP contribution in [0, 0.1) is 13.8 Å². The number of aromatic nitrogens is 2. The highest BCUT2D eigenvalue weighted by Gasteiger charge is 2.18. The molecule has 0 saturated carbocycles. The molecule has 2 aromatic rings. The number of fused-ring (bicyclic) bond motifs is 1. The van der Waals surface area contributed by atoms with Crippen molar-refractivity contribution in [2.45, 2.75) is 45.6 Å². The normalized spacial score (nSPS) is 15.2. The van der Waals surface area contributed by atoms with Crippen LogP contribution in [0.5, 0.6) is 0 Å². The van der Waals surface area contributed by atoms with Crippen LogP contribution in [0.15, 0.2) is 24.3 Å². The van der Waals surface area contributed by atoms with Crippen LogP contribution in [0.2, 0.25) is 0 Å². The molecule has 4 heteroatoms. The number of rotatable bonds is 4. The van der Waals surface area contributed by atoms with Gasteiger partial charge in [0.15, 0.2) is 0 Å². The standard InChI is InChI=1S/C18H23N3O/c1-12-7-3-4-8-14(12)17(22)11-19-18-15-9-5-6-10-16(15)20-13(2)21-18/h3-4,7-8,17,22H,5-6,9-11H2,1-2H3,(H,19,20,21). The number of anilines is 1. The van der Waals surface area contributed by atoms with Gasteiger partial charge in [0.1, 0.15) is 11.6 Å². The van der Waals surface area contributed by atoms with Crippen LogP contribution in [0.4, 0.5) is 5.82 Å². The molecule has 0 bridgehead atoms. The van der Waals surface area contributed by atoms with Gasteiger partial charge in [-0.1, -0.05) is 24.3 Å². The summed E-state index contributed by atoms with van der Waals surface area (Å²) in [6.45, 7) is 4.42. The monoisotopic (exact) mass is 297 g/mol. The highest BCUT2D eigenvalue weighted by molar-refractivity contribution is 5.48. The fraction of sp³-hybridized carbons (Fsp3) is 0.444. The highest BCUT2D eigenvalue weighted by Crippen LogP contribution is 2.26. The van der Waals surface area contributed by atoms with Crippen molar-refractivity contribution in [1.82, 2.24) is 9.97 Å². The van der Waals surface area contributed by atoms with Gasteiger partial charge in [-0.2, -0.15) is 0 Å². The summed E-state index contributed by atoms with van der Waals surface area (Å²) in [7, 11) is 0. The summed E-state index contributed by atoms with van der Waals surface area (Å²) in [6.07, 6.45) is 3.92. The molecule has 1 aromatic carbocycles. The van der Waals surface area contributed by atoms with Gasteiger partial charge in [-0.3, -0.25) is 0 Å². The molecule has 1 aliphatic carbocycles. The molecule has 2 N–H and O–H groups in total. The number of hydrogen-bond acceptors (Lipinski definition) is 4. The van der Waals surface area contributed by atoms with Crippen LogP contribution in [-0.4, -0.2) is 21.6 Å². The van der Waals surface area contributed by atoms with Crippen molar-refractivity contribution in [3.05, 3.63) is 52.5 Å². The Morgan fingerprint density at radius 2 is 1.91 bits per heavy atom. The van der Waals surface area contributed by atoms with Crippen LogP contribution >= 0.6 is 0 Å². The first kappa shape index (κ1) is 15.0. The Morgan fingerprint density at radius 1 is 1.14 bits per heavy atom. The molecular weight excluding hydrogens is 274 g/mol. The second-order valence-electron chi connectivity index (χ2n) is 6.01. The average molecular weight is 297 g/mol. The Balaban J connectivity index is 1.77. The van der Waals surface area contributed by atoms with Crippen LogP contribution in [0.25, 0.3) is 0 Å². The van der Waals surface area contributed by atoms with E-state index in [0.29, 0.717) is 6.54 Å². The predicted molar refractivity (Wildman–Crippen MR) is 88.0 cm³/mol. The third kappa shape index (κ3) is 3.12. The fourth-order valence-electron chi connectivity index (χ4n) is 3.13. The van der Waals surface area contributed by atoms with Gasteiger partial charge in [0.2, 0.25) is 0 Å². The minimum atomic E-state index is -0.532. The van der Waals surface area contributed by atoms with Crippen LogP contribution in [-0.2, 0) is 12.8 Å². The minimum absolute atomic E-state index is 0.466. The minimum Gasteiger partial charge on any atom is -0.387 e. The second-order valence-corrected chi connectivity index (χ2v) is 6.01. The zero-order valence-corrected chi connectivity index (χ0v) is 13.3. The largest absolute Gasteiger partial charge is 0.387 e. The molecule has 0 saturated heterocycles. The highest BCUT2D eigenvalue weighted by atomic mass is 16.3. The van der Waals surface area contributed by atoms with Crippen molar-refractivity contribution in [2.24, 2.45) is 0 Å². The summed E-state index contributed by atoms with van der Waals surface area (Å²) in [5, 5.41) is 13.8. The molecule has 3 rings (SSSR count). The number of hydrogen-bond donors (Lipinski definition) is 2. The first-order valence-electron chi connectivity index (χ1n) is 7.99. The number of aryl methyl sites for hydroxylation is 3. The maximum absolute atomic E-state index is 10.4. The van der Waals surface area contributed by atoms with Gasteiger partial charge < -0.3 is 10.4 Å². The molecule has 4 nitrogen and oxygen atoms in total. The Kier molecular flexibility index (Phi) is 4.39. The fourth-order valence-corrected chi connectivity index (χ4v) is 3.13. The zero-order chi connectivity index (χ0) is 15.5.